The van der Waals surface area contributed by atoms with Crippen LogP contribution in [0.15, 0.2) is 24.3 Å². The van der Waals surface area contributed by atoms with E-state index in [0.29, 0.717) is 6.42 Å². The Morgan fingerprint density at radius 3 is 2.17 bits per heavy atom. The minimum absolute atomic E-state index is 0.0523. The summed E-state index contributed by atoms with van der Waals surface area (Å²) in [6.07, 6.45) is 14.5. The second-order valence-electron chi connectivity index (χ2n) is 9.59. The van der Waals surface area contributed by atoms with E-state index in [1.54, 1.807) is 0 Å². The largest absolute Gasteiger partial charge is 0.351 e. The number of carbonyl (C=O) groups excluding carboxylic acids is 2. The first-order valence-electron chi connectivity index (χ1n) is 11.8. The Bertz CT molecular complexity index is 730. The second kappa shape index (κ2) is 8.89. The maximum absolute atomic E-state index is 13.7. The van der Waals surface area contributed by atoms with Gasteiger partial charge in [0.05, 0.1) is 0 Å². The van der Waals surface area contributed by atoms with Crippen molar-refractivity contribution < 1.29 is 9.59 Å². The van der Waals surface area contributed by atoms with Crippen LogP contribution in [0, 0.1) is 0 Å². The molecule has 2 fully saturated rings. The molecule has 1 heterocycles. The Morgan fingerprint density at radius 1 is 0.931 bits per heavy atom. The molecule has 4 heteroatoms. The van der Waals surface area contributed by atoms with Crippen LogP contribution in [0.4, 0.5) is 0 Å². The Balaban J connectivity index is 1.64. The number of hydrogen-bond acceptors (Lipinski definition) is 2. The predicted molar refractivity (Wildman–Crippen MR) is 116 cm³/mol. The number of carbonyl (C=O) groups is 2. The van der Waals surface area contributed by atoms with Crippen molar-refractivity contribution in [2.75, 3.05) is 0 Å². The van der Waals surface area contributed by atoms with Gasteiger partial charge in [-0.3, -0.25) is 9.59 Å². The molecule has 4 nitrogen and oxygen atoms in total. The van der Waals surface area contributed by atoms with E-state index in [1.807, 2.05) is 36.1 Å². The lowest BCUT2D eigenvalue weighted by molar-refractivity contribution is -0.134. The van der Waals surface area contributed by atoms with Gasteiger partial charge in [0.25, 0.3) is 5.91 Å². The van der Waals surface area contributed by atoms with Crippen LogP contribution in [0.5, 0.6) is 0 Å². The van der Waals surface area contributed by atoms with Crippen LogP contribution in [0.1, 0.15) is 99.9 Å². The van der Waals surface area contributed by atoms with Gasteiger partial charge in [0.2, 0.25) is 5.91 Å². The summed E-state index contributed by atoms with van der Waals surface area (Å²) < 4.78 is 0. The molecule has 2 amide bonds. The Kier molecular flexibility index (Phi) is 6.26. The number of fused-ring (bicyclic) bond motifs is 1. The first-order chi connectivity index (χ1) is 14.1. The van der Waals surface area contributed by atoms with Crippen LogP contribution >= 0.6 is 0 Å². The molecule has 1 atom stereocenters. The monoisotopic (exact) mass is 396 g/mol. The Morgan fingerprint density at radius 2 is 1.52 bits per heavy atom. The number of benzene rings is 1. The molecule has 3 aliphatic rings. The Hall–Kier alpha value is -1.84. The van der Waals surface area contributed by atoms with Crippen molar-refractivity contribution in [3.63, 3.8) is 0 Å². The van der Waals surface area contributed by atoms with Crippen molar-refractivity contribution in [2.24, 2.45) is 0 Å². The fourth-order valence-corrected chi connectivity index (χ4v) is 5.73. The highest BCUT2D eigenvalue weighted by atomic mass is 16.2. The summed E-state index contributed by atoms with van der Waals surface area (Å²) in [5.74, 6) is 0.105. The maximum atomic E-state index is 13.7. The van der Waals surface area contributed by atoms with Crippen molar-refractivity contribution in [3.05, 3.63) is 35.4 Å². The molecule has 0 aromatic heterocycles. The molecule has 0 radical (unpaired) electrons. The summed E-state index contributed by atoms with van der Waals surface area (Å²) in [6.45, 7) is 2.01. The number of nitrogens with zero attached hydrogens (tertiary/aromatic N) is 1. The smallest absolute Gasteiger partial charge is 0.255 e. The first kappa shape index (κ1) is 20.4. The van der Waals surface area contributed by atoms with Gasteiger partial charge in [-0.2, -0.15) is 0 Å². The molecule has 2 saturated carbocycles. The van der Waals surface area contributed by atoms with Crippen LogP contribution in [-0.2, 0) is 11.2 Å². The summed E-state index contributed by atoms with van der Waals surface area (Å²) in [5, 5.41) is 3.37. The first-order valence-corrected chi connectivity index (χ1v) is 11.8. The molecule has 0 bridgehead atoms. The van der Waals surface area contributed by atoms with Gasteiger partial charge in [0, 0.05) is 24.1 Å². The van der Waals surface area contributed by atoms with E-state index in [2.05, 4.69) is 5.32 Å². The van der Waals surface area contributed by atoms with E-state index < -0.39 is 5.54 Å². The van der Waals surface area contributed by atoms with Gasteiger partial charge < -0.3 is 10.2 Å². The number of amides is 2. The molecule has 1 aliphatic heterocycles. The van der Waals surface area contributed by atoms with E-state index in [0.717, 1.165) is 49.7 Å². The van der Waals surface area contributed by atoms with Crippen LogP contribution in [0.3, 0.4) is 0 Å². The van der Waals surface area contributed by atoms with Crippen molar-refractivity contribution in [1.29, 1.82) is 0 Å². The van der Waals surface area contributed by atoms with Crippen LogP contribution in [-0.4, -0.2) is 34.3 Å². The highest BCUT2D eigenvalue weighted by molar-refractivity contribution is 6.02. The quantitative estimate of drug-likeness (QED) is 0.731. The topological polar surface area (TPSA) is 49.4 Å². The molecular weight excluding hydrogens is 360 g/mol. The Labute approximate surface area is 175 Å². The van der Waals surface area contributed by atoms with Crippen molar-refractivity contribution in [2.45, 2.75) is 108 Å². The van der Waals surface area contributed by atoms with E-state index >= 15 is 0 Å². The minimum Gasteiger partial charge on any atom is -0.351 e. The fourth-order valence-electron chi connectivity index (χ4n) is 5.73. The lowest BCUT2D eigenvalue weighted by Gasteiger charge is -2.48. The van der Waals surface area contributed by atoms with Gasteiger partial charge in [-0.25, -0.2) is 0 Å². The average Bonchev–Trinajstić information content (AvgIpc) is 3.13. The average molecular weight is 397 g/mol. The third-order valence-electron chi connectivity index (χ3n) is 7.40. The van der Waals surface area contributed by atoms with Crippen molar-refractivity contribution in [1.82, 2.24) is 10.2 Å². The van der Waals surface area contributed by atoms with E-state index in [4.69, 9.17) is 0 Å². The normalized spacial score (nSPS) is 27.1. The van der Waals surface area contributed by atoms with E-state index in [-0.39, 0.29) is 23.9 Å². The van der Waals surface area contributed by atoms with Gasteiger partial charge in [-0.15, -0.1) is 0 Å². The molecule has 4 rings (SSSR count). The van der Waals surface area contributed by atoms with Gasteiger partial charge in [0.1, 0.15) is 5.54 Å². The maximum Gasteiger partial charge on any atom is 0.255 e. The number of nitrogens with one attached hydrogen (secondary N) is 1. The van der Waals surface area contributed by atoms with Gasteiger partial charge in [0.15, 0.2) is 0 Å². The molecule has 2 aliphatic carbocycles. The zero-order valence-electron chi connectivity index (χ0n) is 17.9. The fraction of sp³-hybridized carbons (Fsp3) is 0.680. The molecule has 1 aromatic carbocycles. The molecule has 0 saturated heterocycles. The van der Waals surface area contributed by atoms with Crippen LogP contribution < -0.4 is 5.32 Å². The van der Waals surface area contributed by atoms with E-state index in [9.17, 15) is 9.59 Å². The minimum atomic E-state index is -0.799. The highest BCUT2D eigenvalue weighted by Gasteiger charge is 2.49. The second-order valence-corrected chi connectivity index (χ2v) is 9.59. The molecule has 1 unspecified atom stereocenters. The molecule has 158 valence electrons. The summed E-state index contributed by atoms with van der Waals surface area (Å²) >= 11 is 0. The third kappa shape index (κ3) is 4.22. The van der Waals surface area contributed by atoms with Crippen molar-refractivity contribution in [3.8, 4) is 0 Å². The molecular formula is C25H36N2O2. The molecule has 0 spiro atoms. The lowest BCUT2D eigenvalue weighted by Crippen LogP contribution is -2.66. The SMILES string of the molecule is CC1(C(=O)NC2CCCCCC2)Cc2ccccc2C(=O)N1C1CCCCCC1. The van der Waals surface area contributed by atoms with E-state index in [1.165, 1.54) is 38.5 Å². The number of rotatable bonds is 3. The summed E-state index contributed by atoms with van der Waals surface area (Å²) in [6, 6.07) is 8.31. The lowest BCUT2D eigenvalue weighted by atomic mass is 9.80. The zero-order valence-corrected chi connectivity index (χ0v) is 17.9. The predicted octanol–water partition coefficient (Wildman–Crippen LogP) is 5.01. The van der Waals surface area contributed by atoms with Gasteiger partial charge in [-0.05, 0) is 44.2 Å². The summed E-state index contributed by atoms with van der Waals surface area (Å²) in [4.78, 5) is 29.3. The molecule has 29 heavy (non-hydrogen) atoms. The zero-order chi connectivity index (χ0) is 20.3. The number of hydrogen-bond donors (Lipinski definition) is 1. The third-order valence-corrected chi connectivity index (χ3v) is 7.40. The van der Waals surface area contributed by atoms with Gasteiger partial charge in [-0.1, -0.05) is 69.6 Å². The summed E-state index contributed by atoms with van der Waals surface area (Å²) in [7, 11) is 0. The highest BCUT2D eigenvalue weighted by Crippen LogP contribution is 2.37. The van der Waals surface area contributed by atoms with Crippen LogP contribution in [0.2, 0.25) is 0 Å². The molecule has 1 aromatic rings. The van der Waals surface area contributed by atoms with Crippen LogP contribution in [0.25, 0.3) is 0 Å². The van der Waals surface area contributed by atoms with Gasteiger partial charge >= 0.3 is 0 Å². The molecule has 1 N–H and O–H groups in total. The van der Waals surface area contributed by atoms with Crippen molar-refractivity contribution >= 4 is 11.8 Å². The standard InChI is InChI=1S/C25H36N2O2/c1-25(24(29)26-20-13-6-2-3-7-14-20)18-19-12-10-11-17-22(19)23(28)27(25)21-15-8-4-5-9-16-21/h10-12,17,20-21H,2-9,13-16,18H2,1H3,(H,26,29). The summed E-state index contributed by atoms with van der Waals surface area (Å²) in [5.41, 5.74) is 1.00.